The van der Waals surface area contributed by atoms with E-state index >= 15 is 0 Å². The van der Waals surface area contributed by atoms with Crippen molar-refractivity contribution in [2.75, 3.05) is 5.32 Å². The zero-order chi connectivity index (χ0) is 17.0. The molecule has 2 rings (SSSR count). The van der Waals surface area contributed by atoms with E-state index in [9.17, 15) is 9.18 Å². The van der Waals surface area contributed by atoms with Gasteiger partial charge in [0.1, 0.15) is 11.6 Å². The van der Waals surface area contributed by atoms with Gasteiger partial charge in [0.15, 0.2) is 6.10 Å². The third-order valence-electron chi connectivity index (χ3n) is 3.56. The minimum atomic E-state index is -0.683. The molecule has 1 amide bonds. The highest BCUT2D eigenvalue weighted by Gasteiger charge is 2.18. The van der Waals surface area contributed by atoms with Gasteiger partial charge in [-0.1, -0.05) is 32.0 Å². The van der Waals surface area contributed by atoms with E-state index < -0.39 is 11.9 Å². The van der Waals surface area contributed by atoms with Crippen LogP contribution in [0.25, 0.3) is 0 Å². The molecule has 2 aromatic carbocycles. The molecule has 0 aliphatic rings. The largest absolute Gasteiger partial charge is 0.481 e. The van der Waals surface area contributed by atoms with Crippen LogP contribution < -0.4 is 10.1 Å². The summed E-state index contributed by atoms with van der Waals surface area (Å²) < 4.78 is 19.0. The third kappa shape index (κ3) is 4.55. The van der Waals surface area contributed by atoms with Crippen LogP contribution in [0.15, 0.2) is 42.5 Å². The molecule has 0 saturated carbocycles. The van der Waals surface area contributed by atoms with Crippen LogP contribution in [0.5, 0.6) is 5.75 Å². The van der Waals surface area contributed by atoms with Crippen LogP contribution >= 0.6 is 0 Å². The topological polar surface area (TPSA) is 38.3 Å². The van der Waals surface area contributed by atoms with Gasteiger partial charge in [0.25, 0.3) is 5.91 Å². The number of halogens is 1. The highest BCUT2D eigenvalue weighted by molar-refractivity contribution is 5.94. The van der Waals surface area contributed by atoms with E-state index in [1.165, 1.54) is 12.1 Å². The number of carbonyl (C=O) groups excluding carboxylic acids is 1. The molecule has 1 unspecified atom stereocenters. The first-order valence-electron chi connectivity index (χ1n) is 7.70. The second kappa shape index (κ2) is 7.27. The maximum atomic E-state index is 13.2. The first kappa shape index (κ1) is 17.0. The van der Waals surface area contributed by atoms with Crippen molar-refractivity contribution in [3.8, 4) is 5.75 Å². The zero-order valence-electron chi connectivity index (χ0n) is 13.9. The Balaban J connectivity index is 2.11. The van der Waals surface area contributed by atoms with Gasteiger partial charge in [0, 0.05) is 5.69 Å². The lowest BCUT2D eigenvalue weighted by Crippen LogP contribution is -2.30. The van der Waals surface area contributed by atoms with Crippen LogP contribution in [-0.4, -0.2) is 12.0 Å². The van der Waals surface area contributed by atoms with Crippen molar-refractivity contribution in [2.45, 2.75) is 39.7 Å². The molecule has 4 heteroatoms. The Morgan fingerprint density at radius 1 is 1.13 bits per heavy atom. The fraction of sp³-hybridized carbons (Fsp3) is 0.316. The third-order valence-corrected chi connectivity index (χ3v) is 3.56. The number of amides is 1. The molecule has 0 heterocycles. The summed E-state index contributed by atoms with van der Waals surface area (Å²) >= 11 is 0. The van der Waals surface area contributed by atoms with Crippen molar-refractivity contribution in [3.63, 3.8) is 0 Å². The molecule has 0 fully saturated rings. The molecule has 1 atom stereocenters. The summed E-state index contributed by atoms with van der Waals surface area (Å²) in [6, 6.07) is 11.8. The number of benzene rings is 2. The molecule has 2 aromatic rings. The maximum absolute atomic E-state index is 13.2. The Morgan fingerprint density at radius 3 is 2.52 bits per heavy atom. The molecule has 0 aliphatic heterocycles. The Kier molecular flexibility index (Phi) is 5.37. The Bertz CT molecular complexity index is 698. The minimum absolute atomic E-state index is 0.295. The van der Waals surface area contributed by atoms with Gasteiger partial charge >= 0.3 is 0 Å². The number of nitrogens with one attached hydrogen (secondary N) is 1. The van der Waals surface area contributed by atoms with Crippen LogP contribution in [0.4, 0.5) is 10.1 Å². The number of ether oxygens (including phenoxy) is 1. The zero-order valence-corrected chi connectivity index (χ0v) is 13.9. The van der Waals surface area contributed by atoms with Gasteiger partial charge in [-0.05, 0) is 55.2 Å². The highest BCUT2D eigenvalue weighted by atomic mass is 19.1. The van der Waals surface area contributed by atoms with Crippen LogP contribution in [0, 0.1) is 12.7 Å². The minimum Gasteiger partial charge on any atom is -0.481 e. The number of carbonyl (C=O) groups is 1. The van der Waals surface area contributed by atoms with Gasteiger partial charge in [-0.2, -0.15) is 0 Å². The average Bonchev–Trinajstić information content (AvgIpc) is 2.46. The molecule has 0 spiro atoms. The summed E-state index contributed by atoms with van der Waals surface area (Å²) in [5.74, 6) is 0.301. The standard InChI is InChI=1S/C19H22FNO2/c1-12(2)17-9-8-13(3)10-18(17)23-14(4)19(22)21-16-7-5-6-15(20)11-16/h5-12,14H,1-4H3,(H,21,22). The second-order valence-electron chi connectivity index (χ2n) is 5.96. The van der Waals surface area contributed by atoms with E-state index in [0.717, 1.165) is 11.1 Å². The summed E-state index contributed by atoms with van der Waals surface area (Å²) in [6.45, 7) is 7.82. The van der Waals surface area contributed by atoms with Gasteiger partial charge in [-0.25, -0.2) is 4.39 Å². The Labute approximate surface area is 136 Å². The van der Waals surface area contributed by atoms with E-state index in [-0.39, 0.29) is 5.91 Å². The van der Waals surface area contributed by atoms with Crippen LogP contribution in [0.1, 0.15) is 37.8 Å². The average molecular weight is 315 g/mol. The Morgan fingerprint density at radius 2 is 1.87 bits per heavy atom. The number of rotatable bonds is 5. The van der Waals surface area contributed by atoms with E-state index in [1.807, 2.05) is 25.1 Å². The molecule has 0 saturated heterocycles. The van der Waals surface area contributed by atoms with Crippen molar-refractivity contribution < 1.29 is 13.9 Å². The number of hydrogen-bond donors (Lipinski definition) is 1. The van der Waals surface area contributed by atoms with Gasteiger partial charge in [-0.3, -0.25) is 4.79 Å². The molecule has 122 valence electrons. The van der Waals surface area contributed by atoms with Gasteiger partial charge in [0.05, 0.1) is 0 Å². The van der Waals surface area contributed by atoms with Crippen LogP contribution in [0.2, 0.25) is 0 Å². The highest BCUT2D eigenvalue weighted by Crippen LogP contribution is 2.28. The van der Waals surface area contributed by atoms with Crippen molar-refractivity contribution in [2.24, 2.45) is 0 Å². The lowest BCUT2D eigenvalue weighted by molar-refractivity contribution is -0.122. The number of hydrogen-bond acceptors (Lipinski definition) is 2. The first-order valence-corrected chi connectivity index (χ1v) is 7.70. The SMILES string of the molecule is Cc1ccc(C(C)C)c(OC(C)C(=O)Nc2cccc(F)c2)c1. The summed E-state index contributed by atoms with van der Waals surface area (Å²) in [5.41, 5.74) is 2.54. The molecular formula is C19H22FNO2. The van der Waals surface area contributed by atoms with Gasteiger partial charge < -0.3 is 10.1 Å². The Hall–Kier alpha value is -2.36. The van der Waals surface area contributed by atoms with E-state index in [0.29, 0.717) is 17.4 Å². The summed E-state index contributed by atoms with van der Waals surface area (Å²) in [7, 11) is 0. The summed E-state index contributed by atoms with van der Waals surface area (Å²) in [4.78, 5) is 12.2. The monoisotopic (exact) mass is 315 g/mol. The molecule has 0 bridgehead atoms. The summed E-state index contributed by atoms with van der Waals surface area (Å²) in [6.07, 6.45) is -0.683. The maximum Gasteiger partial charge on any atom is 0.265 e. The molecule has 0 aromatic heterocycles. The van der Waals surface area contributed by atoms with Crippen molar-refractivity contribution in [3.05, 3.63) is 59.4 Å². The first-order chi connectivity index (χ1) is 10.9. The molecule has 1 N–H and O–H groups in total. The van der Waals surface area contributed by atoms with E-state index in [2.05, 4.69) is 19.2 Å². The van der Waals surface area contributed by atoms with Gasteiger partial charge in [-0.15, -0.1) is 0 Å². The lowest BCUT2D eigenvalue weighted by Gasteiger charge is -2.19. The van der Waals surface area contributed by atoms with E-state index in [1.54, 1.807) is 19.1 Å². The van der Waals surface area contributed by atoms with Gasteiger partial charge in [0.2, 0.25) is 0 Å². The van der Waals surface area contributed by atoms with Crippen molar-refractivity contribution in [1.29, 1.82) is 0 Å². The predicted octanol–water partition coefficient (Wildman–Crippen LogP) is 4.66. The number of anilines is 1. The molecule has 23 heavy (non-hydrogen) atoms. The quantitative estimate of drug-likeness (QED) is 0.871. The molecular weight excluding hydrogens is 293 g/mol. The van der Waals surface area contributed by atoms with Crippen LogP contribution in [-0.2, 0) is 4.79 Å². The van der Waals surface area contributed by atoms with Crippen molar-refractivity contribution in [1.82, 2.24) is 0 Å². The van der Waals surface area contributed by atoms with E-state index in [4.69, 9.17) is 4.74 Å². The molecule has 0 radical (unpaired) electrons. The smallest absolute Gasteiger partial charge is 0.265 e. The normalized spacial score (nSPS) is 12.1. The fourth-order valence-corrected chi connectivity index (χ4v) is 2.27. The predicted molar refractivity (Wildman–Crippen MR) is 90.4 cm³/mol. The molecule has 3 nitrogen and oxygen atoms in total. The van der Waals surface area contributed by atoms with Crippen molar-refractivity contribution >= 4 is 11.6 Å². The number of aryl methyl sites for hydroxylation is 1. The van der Waals surface area contributed by atoms with Crippen LogP contribution in [0.3, 0.4) is 0 Å². The second-order valence-corrected chi connectivity index (χ2v) is 5.96. The molecule has 0 aliphatic carbocycles. The lowest BCUT2D eigenvalue weighted by atomic mass is 10.0. The fourth-order valence-electron chi connectivity index (χ4n) is 2.27. The summed E-state index contributed by atoms with van der Waals surface area (Å²) in [5, 5.41) is 2.66.